The highest BCUT2D eigenvalue weighted by Crippen LogP contribution is 2.35. The minimum atomic E-state index is 0.248. The van der Waals surface area contributed by atoms with Gasteiger partial charge in [0.25, 0.3) is 0 Å². The maximum atomic E-state index is 6.02. The summed E-state index contributed by atoms with van der Waals surface area (Å²) in [4.78, 5) is 0. The van der Waals surface area contributed by atoms with Gasteiger partial charge >= 0.3 is 0 Å². The fourth-order valence-electron chi connectivity index (χ4n) is 2.50. The van der Waals surface area contributed by atoms with Crippen LogP contribution in [0, 0.1) is 0 Å². The largest absolute Gasteiger partial charge is 0.497 e. The van der Waals surface area contributed by atoms with Crippen LogP contribution in [0.3, 0.4) is 0 Å². The molecule has 2 nitrogen and oxygen atoms in total. The van der Waals surface area contributed by atoms with Crippen LogP contribution in [0.5, 0.6) is 5.75 Å². The van der Waals surface area contributed by atoms with Gasteiger partial charge in [-0.15, -0.1) is 0 Å². The van der Waals surface area contributed by atoms with Crippen LogP contribution in [0.2, 0.25) is 0 Å². The Morgan fingerprint density at radius 2 is 2.27 bits per heavy atom. The first-order valence-corrected chi connectivity index (χ1v) is 5.64. The van der Waals surface area contributed by atoms with Crippen molar-refractivity contribution in [3.63, 3.8) is 0 Å². The molecule has 2 heteroatoms. The molecule has 0 heterocycles. The van der Waals surface area contributed by atoms with E-state index in [1.807, 2.05) is 6.07 Å². The Labute approximate surface area is 91.4 Å². The number of methoxy groups -OCH3 is 1. The van der Waals surface area contributed by atoms with E-state index in [4.69, 9.17) is 10.5 Å². The molecule has 0 fully saturated rings. The zero-order chi connectivity index (χ0) is 10.8. The van der Waals surface area contributed by atoms with E-state index in [2.05, 4.69) is 19.1 Å². The lowest BCUT2D eigenvalue weighted by Gasteiger charge is -2.28. The van der Waals surface area contributed by atoms with Crippen molar-refractivity contribution in [1.29, 1.82) is 0 Å². The summed E-state index contributed by atoms with van der Waals surface area (Å²) in [5.74, 6) is 1.48. The van der Waals surface area contributed by atoms with Crippen LogP contribution in [0.4, 0.5) is 0 Å². The van der Waals surface area contributed by atoms with E-state index in [1.165, 1.54) is 24.0 Å². The second-order valence-corrected chi connectivity index (χ2v) is 4.42. The molecule has 1 aliphatic rings. The van der Waals surface area contributed by atoms with Crippen molar-refractivity contribution in [2.24, 2.45) is 5.73 Å². The monoisotopic (exact) mass is 205 g/mol. The average molecular weight is 205 g/mol. The summed E-state index contributed by atoms with van der Waals surface area (Å²) < 4.78 is 5.24. The fourth-order valence-corrected chi connectivity index (χ4v) is 2.50. The molecule has 1 aromatic rings. The molecular formula is C13H19NO. The molecule has 15 heavy (non-hydrogen) atoms. The van der Waals surface area contributed by atoms with Crippen LogP contribution >= 0.6 is 0 Å². The van der Waals surface area contributed by atoms with E-state index in [-0.39, 0.29) is 6.04 Å². The second kappa shape index (κ2) is 4.23. The Morgan fingerprint density at radius 1 is 1.47 bits per heavy atom. The third kappa shape index (κ3) is 2.00. The van der Waals surface area contributed by atoms with Crippen LogP contribution < -0.4 is 10.5 Å². The molecule has 2 atom stereocenters. The molecule has 1 aromatic carbocycles. The summed E-state index contributed by atoms with van der Waals surface area (Å²) in [6, 6.07) is 6.63. The highest BCUT2D eigenvalue weighted by Gasteiger charge is 2.23. The summed E-state index contributed by atoms with van der Waals surface area (Å²) >= 11 is 0. The first-order valence-electron chi connectivity index (χ1n) is 5.64. The standard InChI is InChI=1S/C13H19NO/c1-9(14)12-5-3-4-10-8-11(15-2)6-7-13(10)12/h6-9,12H,3-5,14H2,1-2H3. The van der Waals surface area contributed by atoms with Crippen LogP contribution in [0.15, 0.2) is 18.2 Å². The molecule has 2 rings (SSSR count). The van der Waals surface area contributed by atoms with Gasteiger partial charge in [-0.2, -0.15) is 0 Å². The molecule has 82 valence electrons. The molecule has 1 aliphatic carbocycles. The molecule has 0 saturated heterocycles. The molecule has 0 amide bonds. The van der Waals surface area contributed by atoms with Crippen molar-refractivity contribution in [3.05, 3.63) is 29.3 Å². The zero-order valence-corrected chi connectivity index (χ0v) is 9.49. The molecule has 2 unspecified atom stereocenters. The Bertz CT molecular complexity index is 346. The van der Waals surface area contributed by atoms with Crippen molar-refractivity contribution in [3.8, 4) is 5.75 Å². The van der Waals surface area contributed by atoms with Gasteiger partial charge in [-0.1, -0.05) is 6.07 Å². The second-order valence-electron chi connectivity index (χ2n) is 4.42. The van der Waals surface area contributed by atoms with E-state index in [1.54, 1.807) is 7.11 Å². The predicted molar refractivity (Wildman–Crippen MR) is 62.3 cm³/mol. The molecular weight excluding hydrogens is 186 g/mol. The van der Waals surface area contributed by atoms with Crippen molar-refractivity contribution in [1.82, 2.24) is 0 Å². The highest BCUT2D eigenvalue weighted by atomic mass is 16.5. The maximum Gasteiger partial charge on any atom is 0.119 e. The molecule has 0 aliphatic heterocycles. The minimum absolute atomic E-state index is 0.248. The van der Waals surface area contributed by atoms with Crippen molar-refractivity contribution in [2.45, 2.75) is 38.1 Å². The smallest absolute Gasteiger partial charge is 0.119 e. The normalized spacial score (nSPS) is 21.9. The Morgan fingerprint density at radius 3 is 2.93 bits per heavy atom. The van der Waals surface area contributed by atoms with Crippen molar-refractivity contribution in [2.75, 3.05) is 7.11 Å². The third-order valence-corrected chi connectivity index (χ3v) is 3.35. The lowest BCUT2D eigenvalue weighted by Crippen LogP contribution is -2.27. The molecule has 0 bridgehead atoms. The number of hydrogen-bond donors (Lipinski definition) is 1. The van der Waals surface area contributed by atoms with Crippen LogP contribution in [-0.2, 0) is 6.42 Å². The molecule has 0 aromatic heterocycles. The Kier molecular flexibility index (Phi) is 2.96. The summed E-state index contributed by atoms with van der Waals surface area (Å²) in [6.45, 7) is 2.10. The number of benzene rings is 1. The number of nitrogens with two attached hydrogens (primary N) is 1. The van der Waals surface area contributed by atoms with Gasteiger partial charge in [0.15, 0.2) is 0 Å². The van der Waals surface area contributed by atoms with Gasteiger partial charge in [-0.05, 0) is 55.4 Å². The fraction of sp³-hybridized carbons (Fsp3) is 0.538. The van der Waals surface area contributed by atoms with Gasteiger partial charge in [-0.25, -0.2) is 0 Å². The summed E-state index contributed by atoms with van der Waals surface area (Å²) in [6.07, 6.45) is 3.62. The zero-order valence-electron chi connectivity index (χ0n) is 9.49. The van der Waals surface area contributed by atoms with Crippen LogP contribution in [0.25, 0.3) is 0 Å². The van der Waals surface area contributed by atoms with E-state index in [0.29, 0.717) is 5.92 Å². The summed E-state index contributed by atoms with van der Waals surface area (Å²) in [5, 5.41) is 0. The maximum absolute atomic E-state index is 6.02. The number of hydrogen-bond acceptors (Lipinski definition) is 2. The number of rotatable bonds is 2. The van der Waals surface area contributed by atoms with E-state index >= 15 is 0 Å². The van der Waals surface area contributed by atoms with E-state index in [0.717, 1.165) is 12.2 Å². The van der Waals surface area contributed by atoms with Gasteiger partial charge in [0.1, 0.15) is 5.75 Å². The van der Waals surface area contributed by atoms with E-state index < -0.39 is 0 Å². The van der Waals surface area contributed by atoms with Crippen LogP contribution in [0.1, 0.15) is 36.8 Å². The number of ether oxygens (including phenoxy) is 1. The first-order chi connectivity index (χ1) is 7.22. The van der Waals surface area contributed by atoms with Crippen molar-refractivity contribution < 1.29 is 4.74 Å². The average Bonchev–Trinajstić information content (AvgIpc) is 2.27. The number of fused-ring (bicyclic) bond motifs is 1. The Hall–Kier alpha value is -1.02. The predicted octanol–water partition coefficient (Wildman–Crippen LogP) is 2.46. The highest BCUT2D eigenvalue weighted by molar-refractivity contribution is 5.39. The minimum Gasteiger partial charge on any atom is -0.497 e. The first kappa shape index (κ1) is 10.5. The Balaban J connectivity index is 2.36. The SMILES string of the molecule is COc1ccc2c(c1)CCCC2C(C)N. The van der Waals surface area contributed by atoms with Crippen LogP contribution in [-0.4, -0.2) is 13.2 Å². The van der Waals surface area contributed by atoms with Gasteiger partial charge in [0, 0.05) is 6.04 Å². The quantitative estimate of drug-likeness (QED) is 0.805. The third-order valence-electron chi connectivity index (χ3n) is 3.35. The van der Waals surface area contributed by atoms with E-state index in [9.17, 15) is 0 Å². The molecule has 2 N–H and O–H groups in total. The van der Waals surface area contributed by atoms with Gasteiger partial charge in [0.05, 0.1) is 7.11 Å². The topological polar surface area (TPSA) is 35.2 Å². The molecule has 0 spiro atoms. The molecule has 0 radical (unpaired) electrons. The van der Waals surface area contributed by atoms with Gasteiger partial charge < -0.3 is 10.5 Å². The lowest BCUT2D eigenvalue weighted by molar-refractivity contribution is 0.411. The number of aryl methyl sites for hydroxylation is 1. The summed E-state index contributed by atoms with van der Waals surface area (Å²) in [5.41, 5.74) is 8.87. The van der Waals surface area contributed by atoms with Gasteiger partial charge in [-0.3, -0.25) is 0 Å². The summed E-state index contributed by atoms with van der Waals surface area (Å²) in [7, 11) is 1.72. The van der Waals surface area contributed by atoms with Crippen molar-refractivity contribution >= 4 is 0 Å². The molecule has 0 saturated carbocycles. The van der Waals surface area contributed by atoms with Gasteiger partial charge in [0.2, 0.25) is 0 Å². The lowest BCUT2D eigenvalue weighted by atomic mass is 9.79.